The second kappa shape index (κ2) is 9.18. The number of nitrogens with one attached hydrogen (secondary N) is 2. The molecule has 4 rings (SSSR count). The van der Waals surface area contributed by atoms with E-state index in [1.54, 1.807) is 4.68 Å². The molecule has 2 aliphatic heterocycles. The third-order valence-electron chi connectivity index (χ3n) is 5.72. The van der Waals surface area contributed by atoms with Crippen LogP contribution >= 0.6 is 0 Å². The van der Waals surface area contributed by atoms with Crippen molar-refractivity contribution in [2.24, 2.45) is 4.99 Å². The minimum absolute atomic E-state index is 0.307. The van der Waals surface area contributed by atoms with E-state index in [2.05, 4.69) is 28.7 Å². The summed E-state index contributed by atoms with van der Waals surface area (Å²) in [5, 5.41) is 21.0. The van der Waals surface area contributed by atoms with E-state index in [-0.39, 0.29) is 0 Å². The summed E-state index contributed by atoms with van der Waals surface area (Å²) in [7, 11) is 0. The molecule has 2 bridgehead atoms. The molecule has 30 heavy (non-hydrogen) atoms. The quantitative estimate of drug-likeness (QED) is 0.368. The average molecular weight is 408 g/mol. The number of anilines is 1. The van der Waals surface area contributed by atoms with Crippen LogP contribution in [0.15, 0.2) is 35.3 Å². The summed E-state index contributed by atoms with van der Waals surface area (Å²) in [5.74, 6) is 1.21. The number of para-hydroxylation sites is 1. The van der Waals surface area contributed by atoms with Crippen molar-refractivity contribution >= 4 is 11.8 Å². The van der Waals surface area contributed by atoms with Crippen LogP contribution in [-0.4, -0.2) is 47.1 Å². The van der Waals surface area contributed by atoms with E-state index < -0.39 is 0 Å². The molecule has 8 nitrogen and oxygen atoms in total. The van der Waals surface area contributed by atoms with Crippen molar-refractivity contribution in [3.63, 3.8) is 0 Å². The Labute approximate surface area is 177 Å². The van der Waals surface area contributed by atoms with Crippen LogP contribution in [-0.2, 0) is 11.2 Å². The molecule has 8 heteroatoms. The van der Waals surface area contributed by atoms with Gasteiger partial charge in [-0.25, -0.2) is 4.68 Å². The topological polar surface area (TPSA) is 113 Å². The SMILES string of the molecule is CCNC(=NCCCc1nn(-c2ccccc2)c(N)c1C#N)NC1CC2CCC1O2. The Morgan fingerprint density at radius 3 is 2.87 bits per heavy atom. The molecule has 0 amide bonds. The van der Waals surface area contributed by atoms with Crippen LogP contribution in [0.5, 0.6) is 0 Å². The Morgan fingerprint density at radius 1 is 1.37 bits per heavy atom. The van der Waals surface area contributed by atoms with Gasteiger partial charge in [0.2, 0.25) is 0 Å². The van der Waals surface area contributed by atoms with Crippen molar-refractivity contribution < 1.29 is 4.74 Å². The first-order valence-corrected chi connectivity index (χ1v) is 10.7. The van der Waals surface area contributed by atoms with Gasteiger partial charge in [-0.3, -0.25) is 4.99 Å². The molecule has 4 N–H and O–H groups in total. The van der Waals surface area contributed by atoms with E-state index in [4.69, 9.17) is 15.5 Å². The first-order valence-electron chi connectivity index (χ1n) is 10.7. The van der Waals surface area contributed by atoms with Crippen molar-refractivity contribution in [1.29, 1.82) is 5.26 Å². The highest BCUT2D eigenvalue weighted by Gasteiger charge is 2.41. The predicted molar refractivity (Wildman–Crippen MR) is 116 cm³/mol. The summed E-state index contributed by atoms with van der Waals surface area (Å²) in [6.45, 7) is 3.51. The minimum atomic E-state index is 0.307. The second-order valence-electron chi connectivity index (χ2n) is 7.79. The van der Waals surface area contributed by atoms with E-state index in [0.29, 0.717) is 48.3 Å². The maximum atomic E-state index is 9.54. The first-order chi connectivity index (χ1) is 14.7. The van der Waals surface area contributed by atoms with Crippen LogP contribution < -0.4 is 16.4 Å². The fraction of sp³-hybridized carbons (Fsp3) is 0.500. The lowest BCUT2D eigenvalue weighted by atomic mass is 9.96. The Bertz CT molecular complexity index is 931. The van der Waals surface area contributed by atoms with E-state index in [1.807, 2.05) is 30.3 Å². The number of guanidine groups is 1. The molecule has 0 saturated carbocycles. The van der Waals surface area contributed by atoms with Gasteiger partial charge in [0, 0.05) is 13.1 Å². The molecule has 158 valence electrons. The Kier molecular flexibility index (Phi) is 6.19. The molecule has 3 heterocycles. The molecule has 3 unspecified atom stereocenters. The summed E-state index contributed by atoms with van der Waals surface area (Å²) in [4.78, 5) is 4.71. The van der Waals surface area contributed by atoms with Gasteiger partial charge in [0.25, 0.3) is 0 Å². The van der Waals surface area contributed by atoms with E-state index in [9.17, 15) is 5.26 Å². The number of nitrogens with two attached hydrogens (primary N) is 1. The number of aromatic nitrogens is 2. The zero-order chi connectivity index (χ0) is 20.9. The lowest BCUT2D eigenvalue weighted by Crippen LogP contribution is -2.47. The highest BCUT2D eigenvalue weighted by atomic mass is 16.5. The molecule has 1 aromatic heterocycles. The van der Waals surface area contributed by atoms with E-state index in [1.165, 1.54) is 6.42 Å². The number of nitrogen functional groups attached to an aromatic ring is 1. The largest absolute Gasteiger partial charge is 0.382 e. The van der Waals surface area contributed by atoms with Crippen molar-refractivity contribution in [2.75, 3.05) is 18.8 Å². The van der Waals surface area contributed by atoms with Gasteiger partial charge in [-0.15, -0.1) is 0 Å². The predicted octanol–water partition coefficient (Wildman–Crippen LogP) is 2.13. The number of aliphatic imine (C=N–C) groups is 1. The summed E-state index contributed by atoms with van der Waals surface area (Å²) in [6, 6.07) is 12.2. The summed E-state index contributed by atoms with van der Waals surface area (Å²) >= 11 is 0. The monoisotopic (exact) mass is 407 g/mol. The molecule has 2 aromatic rings. The zero-order valence-electron chi connectivity index (χ0n) is 17.3. The summed E-state index contributed by atoms with van der Waals surface area (Å²) in [6.07, 6.45) is 5.50. The van der Waals surface area contributed by atoms with Crippen molar-refractivity contribution in [3.8, 4) is 11.8 Å². The Hall–Kier alpha value is -3.05. The van der Waals surface area contributed by atoms with Crippen LogP contribution in [0.2, 0.25) is 0 Å². The smallest absolute Gasteiger partial charge is 0.191 e. The molecule has 0 radical (unpaired) electrons. The molecule has 2 fully saturated rings. The number of hydrogen-bond donors (Lipinski definition) is 3. The Morgan fingerprint density at radius 2 is 2.20 bits per heavy atom. The summed E-state index contributed by atoms with van der Waals surface area (Å²) < 4.78 is 7.56. The zero-order valence-corrected chi connectivity index (χ0v) is 17.3. The second-order valence-corrected chi connectivity index (χ2v) is 7.79. The number of hydrogen-bond acceptors (Lipinski definition) is 5. The standard InChI is InChI=1S/C22H29N7O/c1-2-25-22(27-19-13-16-10-11-20(19)30-16)26-12-6-9-18-17(14-23)21(24)29(28-18)15-7-4-3-5-8-15/h3-5,7-8,16,19-20H,2,6,9-13,24H2,1H3,(H2,25,26,27). The van der Waals surface area contributed by atoms with Crippen LogP contribution in [0, 0.1) is 11.3 Å². The van der Waals surface area contributed by atoms with Gasteiger partial charge >= 0.3 is 0 Å². The van der Waals surface area contributed by atoms with Crippen LogP contribution in [0.25, 0.3) is 5.69 Å². The lowest BCUT2D eigenvalue weighted by molar-refractivity contribution is 0.0992. The molecule has 2 aliphatic rings. The van der Waals surface area contributed by atoms with Gasteiger partial charge in [0.15, 0.2) is 5.96 Å². The van der Waals surface area contributed by atoms with Gasteiger partial charge in [-0.05, 0) is 51.2 Å². The van der Waals surface area contributed by atoms with Crippen molar-refractivity contribution in [2.45, 2.75) is 57.3 Å². The highest BCUT2D eigenvalue weighted by molar-refractivity contribution is 5.80. The van der Waals surface area contributed by atoms with Gasteiger partial charge < -0.3 is 21.1 Å². The third kappa shape index (κ3) is 4.26. The summed E-state index contributed by atoms with van der Waals surface area (Å²) in [5.41, 5.74) is 8.19. The van der Waals surface area contributed by atoms with Crippen LogP contribution in [0.1, 0.15) is 43.9 Å². The fourth-order valence-corrected chi connectivity index (χ4v) is 4.26. The van der Waals surface area contributed by atoms with Gasteiger partial charge in [0.05, 0.1) is 29.6 Å². The van der Waals surface area contributed by atoms with Crippen molar-refractivity contribution in [1.82, 2.24) is 20.4 Å². The number of nitrogens with zero attached hydrogens (tertiary/aromatic N) is 4. The molecule has 1 aromatic carbocycles. The van der Waals surface area contributed by atoms with Crippen molar-refractivity contribution in [3.05, 3.63) is 41.6 Å². The van der Waals surface area contributed by atoms with Gasteiger partial charge in [-0.1, -0.05) is 18.2 Å². The minimum Gasteiger partial charge on any atom is -0.382 e. The number of fused-ring (bicyclic) bond motifs is 2. The first kappa shape index (κ1) is 20.2. The molecule has 2 saturated heterocycles. The molecule has 0 spiro atoms. The van der Waals surface area contributed by atoms with Gasteiger partial charge in [-0.2, -0.15) is 10.4 Å². The maximum Gasteiger partial charge on any atom is 0.191 e. The maximum absolute atomic E-state index is 9.54. The molecule has 3 atom stereocenters. The number of ether oxygens (including phenoxy) is 1. The van der Waals surface area contributed by atoms with E-state index >= 15 is 0 Å². The lowest BCUT2D eigenvalue weighted by Gasteiger charge is -2.22. The fourth-order valence-electron chi connectivity index (χ4n) is 4.26. The molecular formula is C22H29N7O. The highest BCUT2D eigenvalue weighted by Crippen LogP contribution is 2.34. The molecule has 0 aliphatic carbocycles. The Balaban J connectivity index is 1.37. The van der Waals surface area contributed by atoms with E-state index in [0.717, 1.165) is 37.5 Å². The third-order valence-corrected chi connectivity index (χ3v) is 5.72. The number of aryl methyl sites for hydroxylation is 1. The number of nitriles is 1. The average Bonchev–Trinajstić information content (AvgIpc) is 3.46. The number of benzene rings is 1. The van der Waals surface area contributed by atoms with Crippen LogP contribution in [0.3, 0.4) is 0 Å². The molecular weight excluding hydrogens is 378 g/mol. The normalized spacial score (nSPS) is 22.8. The number of rotatable bonds is 7. The van der Waals surface area contributed by atoms with Gasteiger partial charge in [0.1, 0.15) is 17.5 Å². The van der Waals surface area contributed by atoms with Crippen LogP contribution in [0.4, 0.5) is 5.82 Å².